The molecule has 5 nitrogen and oxygen atoms in total. The number of nitriles is 1. The number of hydrogen-bond donors (Lipinski definition) is 1. The molecule has 3 rings (SSSR count). The summed E-state index contributed by atoms with van der Waals surface area (Å²) >= 11 is 0. The molecule has 2 aromatic rings. The molecular formula is C20H19N3O2. The van der Waals surface area contributed by atoms with E-state index in [0.29, 0.717) is 11.3 Å². The minimum atomic E-state index is -0.345. The van der Waals surface area contributed by atoms with Crippen molar-refractivity contribution in [1.29, 1.82) is 5.26 Å². The van der Waals surface area contributed by atoms with Crippen molar-refractivity contribution in [1.82, 2.24) is 5.43 Å². The van der Waals surface area contributed by atoms with Crippen LogP contribution in [0.25, 0.3) is 0 Å². The lowest BCUT2D eigenvalue weighted by molar-refractivity contribution is -0.123. The first-order valence-corrected chi connectivity index (χ1v) is 8.33. The van der Waals surface area contributed by atoms with Crippen LogP contribution in [0.1, 0.15) is 36.0 Å². The molecule has 0 atom stereocenters. The van der Waals surface area contributed by atoms with Gasteiger partial charge in [0.25, 0.3) is 5.91 Å². The molecule has 1 amide bonds. The second kappa shape index (κ2) is 8.11. The van der Waals surface area contributed by atoms with Crippen LogP contribution >= 0.6 is 0 Å². The molecule has 0 heterocycles. The summed E-state index contributed by atoms with van der Waals surface area (Å²) in [6, 6.07) is 17.0. The van der Waals surface area contributed by atoms with Gasteiger partial charge in [0.15, 0.2) is 6.61 Å². The van der Waals surface area contributed by atoms with E-state index in [1.54, 1.807) is 24.3 Å². The zero-order valence-electron chi connectivity index (χ0n) is 13.9. The van der Waals surface area contributed by atoms with Crippen LogP contribution in [-0.4, -0.2) is 18.2 Å². The maximum absolute atomic E-state index is 12.0. The summed E-state index contributed by atoms with van der Waals surface area (Å²) in [5, 5.41) is 13.3. The molecule has 0 saturated heterocycles. The number of fused-ring (bicyclic) bond motifs is 1. The fourth-order valence-corrected chi connectivity index (χ4v) is 2.87. The maximum Gasteiger partial charge on any atom is 0.277 e. The third kappa shape index (κ3) is 4.24. The molecule has 5 heteroatoms. The van der Waals surface area contributed by atoms with Crippen LogP contribution < -0.4 is 10.2 Å². The van der Waals surface area contributed by atoms with Crippen molar-refractivity contribution in [2.45, 2.75) is 25.7 Å². The number of amides is 1. The van der Waals surface area contributed by atoms with Crippen LogP contribution in [0.5, 0.6) is 5.75 Å². The van der Waals surface area contributed by atoms with Crippen LogP contribution in [0.3, 0.4) is 0 Å². The van der Waals surface area contributed by atoms with Crippen molar-refractivity contribution in [2.24, 2.45) is 5.10 Å². The first-order valence-electron chi connectivity index (χ1n) is 8.33. The second-order valence-electron chi connectivity index (χ2n) is 5.85. The number of rotatable bonds is 4. The highest BCUT2D eigenvalue weighted by atomic mass is 16.5. The fourth-order valence-electron chi connectivity index (χ4n) is 2.87. The zero-order chi connectivity index (χ0) is 17.5. The van der Waals surface area contributed by atoms with E-state index in [1.807, 2.05) is 24.3 Å². The third-order valence-corrected chi connectivity index (χ3v) is 4.12. The highest BCUT2D eigenvalue weighted by molar-refractivity contribution is 6.02. The third-order valence-electron chi connectivity index (χ3n) is 4.12. The molecule has 0 saturated carbocycles. The van der Waals surface area contributed by atoms with Crippen LogP contribution in [-0.2, 0) is 11.2 Å². The number of nitrogens with one attached hydrogen (secondary N) is 1. The fraction of sp³-hybridized carbons (Fsp3) is 0.250. The van der Waals surface area contributed by atoms with Gasteiger partial charge in [0.05, 0.1) is 11.3 Å². The van der Waals surface area contributed by atoms with Gasteiger partial charge in [-0.15, -0.1) is 0 Å². The second-order valence-corrected chi connectivity index (χ2v) is 5.85. The summed E-state index contributed by atoms with van der Waals surface area (Å²) in [4.78, 5) is 12.0. The maximum atomic E-state index is 12.0. The number of para-hydroxylation sites is 1. The number of nitrogens with zero attached hydrogens (tertiary/aromatic N) is 2. The number of hydrazone groups is 1. The Morgan fingerprint density at radius 2 is 1.88 bits per heavy atom. The van der Waals surface area contributed by atoms with Crippen LogP contribution in [0, 0.1) is 11.3 Å². The Bertz CT molecular complexity index is 837. The molecule has 0 bridgehead atoms. The largest absolute Gasteiger partial charge is 0.482 e. The first kappa shape index (κ1) is 16.7. The van der Waals surface area contributed by atoms with E-state index in [2.05, 4.69) is 16.6 Å². The van der Waals surface area contributed by atoms with E-state index in [-0.39, 0.29) is 12.5 Å². The zero-order valence-corrected chi connectivity index (χ0v) is 13.9. The molecule has 0 spiro atoms. The first-order chi connectivity index (χ1) is 12.3. The number of ether oxygens (including phenoxy) is 1. The van der Waals surface area contributed by atoms with E-state index in [9.17, 15) is 4.79 Å². The molecule has 0 radical (unpaired) electrons. The quantitative estimate of drug-likeness (QED) is 0.690. The molecule has 0 aliphatic heterocycles. The van der Waals surface area contributed by atoms with Gasteiger partial charge in [0.1, 0.15) is 11.8 Å². The van der Waals surface area contributed by atoms with Crippen molar-refractivity contribution in [3.8, 4) is 11.8 Å². The number of aryl methyl sites for hydroxylation is 1. The molecule has 0 aromatic heterocycles. The van der Waals surface area contributed by atoms with E-state index >= 15 is 0 Å². The minimum Gasteiger partial charge on any atom is -0.482 e. The Balaban J connectivity index is 1.64. The highest BCUT2D eigenvalue weighted by Gasteiger charge is 2.14. The van der Waals surface area contributed by atoms with Gasteiger partial charge in [-0.3, -0.25) is 4.79 Å². The summed E-state index contributed by atoms with van der Waals surface area (Å²) < 4.78 is 5.42. The molecule has 1 aliphatic rings. The predicted octanol–water partition coefficient (Wildman–Crippen LogP) is 3.18. The topological polar surface area (TPSA) is 74.5 Å². The van der Waals surface area contributed by atoms with E-state index < -0.39 is 0 Å². The molecule has 126 valence electrons. The van der Waals surface area contributed by atoms with Gasteiger partial charge in [-0.2, -0.15) is 10.4 Å². The van der Waals surface area contributed by atoms with E-state index in [4.69, 9.17) is 10.00 Å². The van der Waals surface area contributed by atoms with Crippen molar-refractivity contribution in [2.75, 3.05) is 6.61 Å². The monoisotopic (exact) mass is 333 g/mol. The lowest BCUT2D eigenvalue weighted by atomic mass is 10.0. The summed E-state index contributed by atoms with van der Waals surface area (Å²) in [6.07, 6.45) is 4.06. The Labute approximate surface area is 146 Å². The molecule has 0 fully saturated rings. The Morgan fingerprint density at radius 3 is 2.76 bits per heavy atom. The summed E-state index contributed by atoms with van der Waals surface area (Å²) in [6.45, 7) is -0.183. The SMILES string of the molecule is N#Cc1ccccc1OCC(=O)N/N=C1\CCCCc2ccccc21. The lowest BCUT2D eigenvalue weighted by Crippen LogP contribution is -2.26. The van der Waals surface area contributed by atoms with Crippen molar-refractivity contribution in [3.63, 3.8) is 0 Å². The van der Waals surface area contributed by atoms with Gasteiger partial charge in [-0.05, 0) is 43.4 Å². The Hall–Kier alpha value is -3.13. The van der Waals surface area contributed by atoms with Crippen LogP contribution in [0.2, 0.25) is 0 Å². The standard InChI is InChI=1S/C20H19N3O2/c21-13-16-9-3-6-12-19(16)25-14-20(24)23-22-18-11-5-2-8-15-7-1-4-10-17(15)18/h1,3-4,6-7,9-10,12H,2,5,8,11,14H2,(H,23,24)/b22-18+. The van der Waals surface area contributed by atoms with Crippen molar-refractivity contribution < 1.29 is 9.53 Å². The molecule has 25 heavy (non-hydrogen) atoms. The molecule has 0 unspecified atom stereocenters. The minimum absolute atomic E-state index is 0.183. The number of hydrogen-bond acceptors (Lipinski definition) is 4. The van der Waals surface area contributed by atoms with Gasteiger partial charge in [-0.25, -0.2) is 5.43 Å². The number of benzene rings is 2. The average Bonchev–Trinajstić information content (AvgIpc) is 2.87. The highest BCUT2D eigenvalue weighted by Crippen LogP contribution is 2.20. The van der Waals surface area contributed by atoms with Crippen LogP contribution in [0.4, 0.5) is 0 Å². The summed E-state index contributed by atoms with van der Waals surface area (Å²) in [7, 11) is 0. The molecule has 1 N–H and O–H groups in total. The van der Waals surface area contributed by atoms with E-state index in [1.165, 1.54) is 5.56 Å². The van der Waals surface area contributed by atoms with Crippen molar-refractivity contribution >= 4 is 11.6 Å². The Morgan fingerprint density at radius 1 is 1.12 bits per heavy atom. The molecule has 2 aromatic carbocycles. The molecule has 1 aliphatic carbocycles. The van der Waals surface area contributed by atoms with Crippen molar-refractivity contribution in [3.05, 3.63) is 65.2 Å². The molecular weight excluding hydrogens is 314 g/mol. The van der Waals surface area contributed by atoms with Gasteiger partial charge in [0, 0.05) is 5.56 Å². The normalized spacial score (nSPS) is 14.9. The lowest BCUT2D eigenvalue weighted by Gasteiger charge is -2.09. The van der Waals surface area contributed by atoms with Gasteiger partial charge >= 0.3 is 0 Å². The number of carbonyl (C=O) groups is 1. The smallest absolute Gasteiger partial charge is 0.277 e. The van der Waals surface area contributed by atoms with E-state index in [0.717, 1.165) is 37.0 Å². The average molecular weight is 333 g/mol. The van der Waals surface area contributed by atoms with Gasteiger partial charge in [0.2, 0.25) is 0 Å². The van der Waals surface area contributed by atoms with Gasteiger partial charge in [-0.1, -0.05) is 36.4 Å². The summed E-state index contributed by atoms with van der Waals surface area (Å²) in [5.41, 5.74) is 6.25. The van der Waals surface area contributed by atoms with Crippen LogP contribution in [0.15, 0.2) is 53.6 Å². The predicted molar refractivity (Wildman–Crippen MR) is 95.3 cm³/mol. The van der Waals surface area contributed by atoms with Gasteiger partial charge < -0.3 is 4.74 Å². The summed E-state index contributed by atoms with van der Waals surface area (Å²) in [5.74, 6) is 0.0505. The number of carbonyl (C=O) groups excluding carboxylic acids is 1. The Kier molecular flexibility index (Phi) is 5.43.